The van der Waals surface area contributed by atoms with Gasteiger partial charge in [-0.15, -0.1) is 0 Å². The lowest BCUT2D eigenvalue weighted by molar-refractivity contribution is -0.137. The summed E-state index contributed by atoms with van der Waals surface area (Å²) in [6, 6.07) is 0. The van der Waals surface area contributed by atoms with Gasteiger partial charge < -0.3 is 29.0 Å². The molecule has 0 fully saturated rings. The molecule has 0 rings (SSSR count). The number of ether oxygens (including phenoxy) is 5. The fourth-order valence-corrected chi connectivity index (χ4v) is 0.185. The van der Waals surface area contributed by atoms with Crippen molar-refractivity contribution in [3.8, 4) is 0 Å². The van der Waals surface area contributed by atoms with E-state index in [0.29, 0.717) is 0 Å². The monoisotopic (exact) mass is 299 g/mol. The summed E-state index contributed by atoms with van der Waals surface area (Å²) in [7, 11) is 9.94. The second-order valence-corrected chi connectivity index (χ2v) is 2.50. The van der Waals surface area contributed by atoms with E-state index in [1.165, 1.54) is 42.4 Å². The molecule has 0 aromatic carbocycles. The minimum atomic E-state index is -0.657. The molecule has 0 heterocycles. The topological polar surface area (TPSA) is 109 Å². The van der Waals surface area contributed by atoms with Crippen LogP contribution in [0.5, 0.6) is 0 Å². The van der Waals surface area contributed by atoms with Gasteiger partial charge in [0.25, 0.3) is 0 Å². The number of alkyl carbamates (subject to hydrolysis) is 1. The summed E-state index contributed by atoms with van der Waals surface area (Å²) >= 11 is 0. The summed E-state index contributed by atoms with van der Waals surface area (Å²) in [4.78, 5) is 29.2. The van der Waals surface area contributed by atoms with Crippen LogP contribution in [0.25, 0.3) is 0 Å². The van der Waals surface area contributed by atoms with Crippen LogP contribution < -0.4 is 5.32 Å². The zero-order chi connectivity index (χ0) is 17.0. The SMILES string of the molecule is CNC(=O)OC.COC.COC(=O)OC.COC(C)=O. The van der Waals surface area contributed by atoms with Crippen molar-refractivity contribution in [3.63, 3.8) is 0 Å². The van der Waals surface area contributed by atoms with Crippen LogP contribution >= 0.6 is 0 Å². The van der Waals surface area contributed by atoms with Gasteiger partial charge in [0.1, 0.15) is 0 Å². The molecular formula is C11H25NO8. The molecule has 0 aromatic heterocycles. The molecule has 0 saturated carbocycles. The first-order chi connectivity index (χ1) is 9.30. The Morgan fingerprint density at radius 3 is 1.05 bits per heavy atom. The Morgan fingerprint density at radius 1 is 0.750 bits per heavy atom. The molecule has 0 atom stereocenters. The fourth-order valence-electron chi connectivity index (χ4n) is 0.185. The van der Waals surface area contributed by atoms with Crippen LogP contribution in [-0.4, -0.2) is 67.9 Å². The van der Waals surface area contributed by atoms with Gasteiger partial charge in [-0.25, -0.2) is 9.59 Å². The Hall–Kier alpha value is -2.03. The van der Waals surface area contributed by atoms with Crippen molar-refractivity contribution < 1.29 is 38.1 Å². The smallest absolute Gasteiger partial charge is 0.469 e. The molecule has 0 spiro atoms. The van der Waals surface area contributed by atoms with Crippen LogP contribution in [-0.2, 0) is 28.5 Å². The third kappa shape index (κ3) is 56.3. The minimum Gasteiger partial charge on any atom is -0.469 e. The van der Waals surface area contributed by atoms with E-state index in [1.807, 2.05) is 0 Å². The van der Waals surface area contributed by atoms with Gasteiger partial charge in [-0.2, -0.15) is 0 Å². The summed E-state index contributed by atoms with van der Waals surface area (Å²) in [5.41, 5.74) is 0. The molecule has 0 saturated heterocycles. The van der Waals surface area contributed by atoms with E-state index in [0.717, 1.165) is 0 Å². The summed E-state index contributed by atoms with van der Waals surface area (Å²) in [5.74, 6) is -0.245. The Morgan fingerprint density at radius 2 is 1.05 bits per heavy atom. The van der Waals surface area contributed by atoms with Gasteiger partial charge >= 0.3 is 18.2 Å². The zero-order valence-corrected chi connectivity index (χ0v) is 13.3. The summed E-state index contributed by atoms with van der Waals surface area (Å²) < 4.78 is 20.6. The number of carbonyl (C=O) groups is 3. The van der Waals surface area contributed by atoms with Crippen molar-refractivity contribution in [2.45, 2.75) is 6.92 Å². The lowest BCUT2D eigenvalue weighted by Crippen LogP contribution is -2.16. The number of nitrogens with one attached hydrogen (secondary N) is 1. The van der Waals surface area contributed by atoms with Crippen molar-refractivity contribution in [2.24, 2.45) is 0 Å². The lowest BCUT2D eigenvalue weighted by atomic mass is 10.8. The molecule has 0 bridgehead atoms. The number of hydrogen-bond donors (Lipinski definition) is 1. The summed E-state index contributed by atoms with van der Waals surface area (Å²) in [6.07, 6.45) is -1.06. The van der Waals surface area contributed by atoms with Crippen LogP contribution in [0.15, 0.2) is 0 Å². The molecule has 1 amide bonds. The van der Waals surface area contributed by atoms with Gasteiger partial charge in [0, 0.05) is 28.2 Å². The first-order valence-electron chi connectivity index (χ1n) is 5.13. The maximum atomic E-state index is 9.85. The van der Waals surface area contributed by atoms with Crippen molar-refractivity contribution in [2.75, 3.05) is 49.7 Å². The lowest BCUT2D eigenvalue weighted by Gasteiger charge is -1.90. The quantitative estimate of drug-likeness (QED) is 0.517. The third-order valence-corrected chi connectivity index (χ3v) is 1.01. The van der Waals surface area contributed by atoms with E-state index >= 15 is 0 Å². The predicted octanol–water partition coefficient (Wildman–Crippen LogP) is 0.813. The first kappa shape index (κ1) is 26.5. The molecule has 9 heteroatoms. The first-order valence-corrected chi connectivity index (χ1v) is 5.13. The molecule has 1 N–H and O–H groups in total. The molecule has 9 nitrogen and oxygen atoms in total. The highest BCUT2D eigenvalue weighted by molar-refractivity contribution is 5.66. The Kier molecular flexibility index (Phi) is 34.1. The number of hydrogen-bond acceptors (Lipinski definition) is 8. The highest BCUT2D eigenvalue weighted by Crippen LogP contribution is 1.72. The standard InChI is InChI=1S/C3H7NO2.C3H6O3.C3H6O2.C2H6O/c1-4-3(5)6-2;1-5-3(4)6-2;1-3(4)5-2;1-3-2/h1-2H3,(H,4,5);1-2H3;1-2H3;1-2H3. The summed E-state index contributed by atoms with van der Waals surface area (Å²) in [5, 5.41) is 2.25. The van der Waals surface area contributed by atoms with Crippen LogP contribution in [0.4, 0.5) is 9.59 Å². The molecule has 0 aliphatic heterocycles. The maximum Gasteiger partial charge on any atom is 0.507 e. The van der Waals surface area contributed by atoms with Crippen molar-refractivity contribution in [1.29, 1.82) is 0 Å². The van der Waals surface area contributed by atoms with E-state index in [1.54, 1.807) is 14.2 Å². The molecule has 20 heavy (non-hydrogen) atoms. The Balaban J connectivity index is -0.0000000879. The number of carbonyl (C=O) groups excluding carboxylic acids is 3. The molecule has 0 unspecified atom stereocenters. The second-order valence-electron chi connectivity index (χ2n) is 2.50. The van der Waals surface area contributed by atoms with E-state index in [2.05, 4.69) is 29.0 Å². The van der Waals surface area contributed by atoms with Gasteiger partial charge in [0.2, 0.25) is 0 Å². The number of rotatable bonds is 0. The van der Waals surface area contributed by atoms with Gasteiger partial charge in [-0.05, 0) is 0 Å². The fraction of sp³-hybridized carbons (Fsp3) is 0.727. The molecular weight excluding hydrogens is 274 g/mol. The van der Waals surface area contributed by atoms with Gasteiger partial charge in [-0.3, -0.25) is 4.79 Å². The van der Waals surface area contributed by atoms with E-state index in [-0.39, 0.29) is 5.97 Å². The van der Waals surface area contributed by atoms with Crippen molar-refractivity contribution in [3.05, 3.63) is 0 Å². The minimum absolute atomic E-state index is 0.245. The van der Waals surface area contributed by atoms with E-state index in [4.69, 9.17) is 0 Å². The third-order valence-electron chi connectivity index (χ3n) is 1.01. The molecule has 0 radical (unpaired) electrons. The van der Waals surface area contributed by atoms with Crippen molar-refractivity contribution >= 4 is 18.2 Å². The van der Waals surface area contributed by atoms with Crippen LogP contribution in [0, 0.1) is 0 Å². The number of esters is 1. The number of amides is 1. The van der Waals surface area contributed by atoms with Crippen LogP contribution in [0.3, 0.4) is 0 Å². The van der Waals surface area contributed by atoms with Gasteiger partial charge in [-0.1, -0.05) is 0 Å². The second kappa shape index (κ2) is 25.7. The van der Waals surface area contributed by atoms with Gasteiger partial charge in [0.15, 0.2) is 0 Å². The largest absolute Gasteiger partial charge is 0.507 e. The Bertz CT molecular complexity index is 204. The predicted molar refractivity (Wildman–Crippen MR) is 71.5 cm³/mol. The molecule has 0 aliphatic rings. The van der Waals surface area contributed by atoms with Crippen LogP contribution in [0.2, 0.25) is 0 Å². The average molecular weight is 299 g/mol. The summed E-state index contributed by atoms with van der Waals surface area (Å²) in [6.45, 7) is 1.36. The molecule has 0 aromatic rings. The normalized spacial score (nSPS) is 6.80. The number of methoxy groups -OCH3 is 5. The maximum absolute atomic E-state index is 9.85. The Labute approximate surface area is 119 Å². The highest BCUT2D eigenvalue weighted by Gasteiger charge is 1.88. The average Bonchev–Trinajstić information content (AvgIpc) is 2.47. The molecule has 122 valence electrons. The highest BCUT2D eigenvalue weighted by atomic mass is 16.7. The van der Waals surface area contributed by atoms with Crippen LogP contribution in [0.1, 0.15) is 6.92 Å². The van der Waals surface area contributed by atoms with E-state index in [9.17, 15) is 14.4 Å². The van der Waals surface area contributed by atoms with Gasteiger partial charge in [0.05, 0.1) is 28.4 Å². The zero-order valence-electron chi connectivity index (χ0n) is 13.3. The molecule has 0 aliphatic carbocycles. The van der Waals surface area contributed by atoms with E-state index < -0.39 is 12.2 Å². The van der Waals surface area contributed by atoms with Crippen molar-refractivity contribution in [1.82, 2.24) is 5.32 Å².